The fourth-order valence-electron chi connectivity index (χ4n) is 0.0880. The van der Waals surface area contributed by atoms with Crippen molar-refractivity contribution in [2.24, 2.45) is 0 Å². The van der Waals surface area contributed by atoms with Gasteiger partial charge in [0.25, 0.3) is 0 Å². The molecule has 0 fully saturated rings. The number of nitro groups is 1. The molecular weight excluding hydrogens is 244 g/mol. The van der Waals surface area contributed by atoms with Gasteiger partial charge in [-0.25, -0.2) is 10.1 Å². The molecule has 0 bridgehead atoms. The van der Waals surface area contributed by atoms with Gasteiger partial charge in [0.05, 0.1) is 0 Å². The minimum atomic E-state index is -0.659. The van der Waals surface area contributed by atoms with E-state index < -0.39 is 10.3 Å². The number of carbonyl (C=O) groups is 1. The molecule has 52 valence electrons. The summed E-state index contributed by atoms with van der Waals surface area (Å²) in [5.74, 6) is -0.547. The van der Waals surface area contributed by atoms with Crippen LogP contribution in [0, 0.1) is 10.1 Å². The molecule has 0 aliphatic carbocycles. The SMILES string of the molecule is CC(=O)OSS[N+](=O)[O-].[K+].[K+]. The van der Waals surface area contributed by atoms with Crippen molar-refractivity contribution < 1.29 is 116 Å². The standard InChI is InChI=1S/C2H3NO4S2.2K/c1-2(4)7-9-8-3(5)6;;/h1H3;;/q;2*+1. The van der Waals surface area contributed by atoms with Gasteiger partial charge in [-0.1, -0.05) is 0 Å². The number of hydrogen-bond donors (Lipinski definition) is 0. The minimum absolute atomic E-state index is 0. The molecule has 0 radical (unpaired) electrons. The molecule has 0 amide bonds. The smallest absolute Gasteiger partial charge is 0.374 e. The Morgan fingerprint density at radius 1 is 1.55 bits per heavy atom. The quantitative estimate of drug-likeness (QED) is 0.124. The summed E-state index contributed by atoms with van der Waals surface area (Å²) in [4.78, 5) is 19.5. The van der Waals surface area contributed by atoms with Crippen molar-refractivity contribution in [1.29, 1.82) is 0 Å². The van der Waals surface area contributed by atoms with E-state index in [-0.39, 0.29) is 114 Å². The maximum atomic E-state index is 9.95. The van der Waals surface area contributed by atoms with Crippen LogP contribution < -0.4 is 103 Å². The second kappa shape index (κ2) is 12.8. The Morgan fingerprint density at radius 2 is 2.00 bits per heavy atom. The molecule has 0 aliphatic rings. The summed E-state index contributed by atoms with van der Waals surface area (Å²) in [6.07, 6.45) is 0. The van der Waals surface area contributed by atoms with Gasteiger partial charge in [-0.05, 0) is 0 Å². The van der Waals surface area contributed by atoms with Gasteiger partial charge in [0.2, 0.25) is 11.1 Å². The number of rotatable bonds is 3. The first kappa shape index (κ1) is 19.4. The first-order chi connectivity index (χ1) is 4.13. The van der Waals surface area contributed by atoms with Gasteiger partial charge in [-0.15, -0.1) is 0 Å². The molecule has 0 rings (SSSR count). The normalized spacial score (nSPS) is 7.00. The third-order valence-corrected chi connectivity index (χ3v) is 1.48. The summed E-state index contributed by atoms with van der Waals surface area (Å²) in [5.41, 5.74) is 0. The molecule has 0 aromatic rings. The van der Waals surface area contributed by atoms with Crippen LogP contribution in [-0.4, -0.2) is 10.3 Å². The monoisotopic (exact) mass is 247 g/mol. The molecule has 0 aromatic carbocycles. The van der Waals surface area contributed by atoms with Crippen molar-refractivity contribution in [2.75, 3.05) is 0 Å². The average molecular weight is 247 g/mol. The van der Waals surface area contributed by atoms with Gasteiger partial charge in [0.15, 0.2) is 0 Å². The van der Waals surface area contributed by atoms with Crippen LogP contribution >= 0.6 is 22.1 Å². The fourth-order valence-corrected chi connectivity index (χ4v) is 0.792. The molecule has 0 N–H and O–H groups in total. The molecule has 5 nitrogen and oxygen atoms in total. The van der Waals surface area contributed by atoms with E-state index >= 15 is 0 Å². The topological polar surface area (TPSA) is 69.4 Å². The summed E-state index contributed by atoms with van der Waals surface area (Å²) in [6, 6.07) is 0. The van der Waals surface area contributed by atoms with Crippen molar-refractivity contribution in [1.82, 2.24) is 0 Å². The first-order valence-electron chi connectivity index (χ1n) is 1.79. The van der Waals surface area contributed by atoms with Crippen LogP contribution in [0.5, 0.6) is 0 Å². The average Bonchev–Trinajstić information content (AvgIpc) is 1.63. The maximum Gasteiger partial charge on any atom is 1.00 e. The molecule has 9 heteroatoms. The van der Waals surface area contributed by atoms with Crippen LogP contribution in [0.1, 0.15) is 6.92 Å². The Hall–Kier alpha value is 2.84. The first-order valence-corrected chi connectivity index (χ1v) is 3.82. The number of hydrogen-bond acceptors (Lipinski definition) is 6. The molecule has 0 saturated heterocycles. The molecular formula is C2H3K2NO4S2+2. The van der Waals surface area contributed by atoms with Crippen LogP contribution in [0.25, 0.3) is 0 Å². The second-order valence-electron chi connectivity index (χ2n) is 0.941. The maximum absolute atomic E-state index is 9.95. The molecule has 0 heterocycles. The van der Waals surface area contributed by atoms with Crippen LogP contribution in [0.4, 0.5) is 0 Å². The summed E-state index contributed by atoms with van der Waals surface area (Å²) in [6.45, 7) is 1.17. The molecule has 0 aromatic heterocycles. The van der Waals surface area contributed by atoms with E-state index in [1.807, 2.05) is 0 Å². The van der Waals surface area contributed by atoms with Gasteiger partial charge >= 0.3 is 120 Å². The van der Waals surface area contributed by atoms with Crippen LogP contribution in [0.2, 0.25) is 0 Å². The van der Waals surface area contributed by atoms with Crippen molar-refractivity contribution >= 4 is 28.0 Å². The fraction of sp³-hybridized carbons (Fsp3) is 0.500. The Balaban J connectivity index is -0.000000320. The van der Waals surface area contributed by atoms with Gasteiger partial charge < -0.3 is 4.18 Å². The van der Waals surface area contributed by atoms with Crippen LogP contribution in [-0.2, 0) is 8.98 Å². The zero-order chi connectivity index (χ0) is 7.28. The van der Waals surface area contributed by atoms with E-state index in [1.165, 1.54) is 6.92 Å². The Morgan fingerprint density at radius 3 is 2.27 bits per heavy atom. The van der Waals surface area contributed by atoms with Crippen LogP contribution in [0.3, 0.4) is 0 Å². The van der Waals surface area contributed by atoms with Gasteiger partial charge in [-0.2, -0.15) is 0 Å². The van der Waals surface area contributed by atoms with Crippen molar-refractivity contribution in [3.8, 4) is 0 Å². The predicted molar refractivity (Wildman–Crippen MR) is 33.9 cm³/mol. The van der Waals surface area contributed by atoms with E-state index in [2.05, 4.69) is 4.18 Å². The largest absolute Gasteiger partial charge is 1.00 e. The predicted octanol–water partition coefficient (Wildman–Crippen LogP) is -4.95. The number of nitrogens with zero attached hydrogens (tertiary/aromatic N) is 1. The van der Waals surface area contributed by atoms with Gasteiger partial charge in [-0.3, -0.25) is 4.79 Å². The molecule has 0 saturated carbocycles. The summed E-state index contributed by atoms with van der Waals surface area (Å²) >= 11 is 0.437. The zero-order valence-electron chi connectivity index (χ0n) is 6.40. The Kier molecular flexibility index (Phi) is 22.7. The van der Waals surface area contributed by atoms with Crippen LogP contribution in [0.15, 0.2) is 0 Å². The van der Waals surface area contributed by atoms with Crippen molar-refractivity contribution in [3.05, 3.63) is 10.1 Å². The Labute approximate surface area is 157 Å². The number of carbonyl (C=O) groups excluding carboxylic acids is 1. The Bertz CT molecular complexity index is 119. The molecule has 11 heavy (non-hydrogen) atoms. The minimum Gasteiger partial charge on any atom is -0.374 e. The molecule has 0 aliphatic heterocycles. The second-order valence-corrected chi connectivity index (χ2v) is 2.55. The molecule has 0 atom stereocenters. The summed E-state index contributed by atoms with van der Waals surface area (Å²) < 4.78 is 3.49. The summed E-state index contributed by atoms with van der Waals surface area (Å²) in [7, 11) is 0.255. The van der Waals surface area contributed by atoms with E-state index in [9.17, 15) is 14.9 Å². The van der Waals surface area contributed by atoms with Crippen molar-refractivity contribution in [2.45, 2.75) is 6.92 Å². The van der Waals surface area contributed by atoms with Crippen molar-refractivity contribution in [3.63, 3.8) is 0 Å². The summed E-state index contributed by atoms with van der Waals surface area (Å²) in [5, 5.41) is 9.54. The zero-order valence-corrected chi connectivity index (χ0v) is 14.3. The van der Waals surface area contributed by atoms with E-state index in [0.717, 1.165) is 0 Å². The van der Waals surface area contributed by atoms with E-state index in [1.54, 1.807) is 0 Å². The van der Waals surface area contributed by atoms with E-state index in [4.69, 9.17) is 0 Å². The molecule has 0 unspecified atom stereocenters. The van der Waals surface area contributed by atoms with Gasteiger partial charge in [0.1, 0.15) is 4.33 Å². The third-order valence-electron chi connectivity index (χ3n) is 0.243. The van der Waals surface area contributed by atoms with E-state index in [0.29, 0.717) is 11.1 Å². The third kappa shape index (κ3) is 19.3. The van der Waals surface area contributed by atoms with Gasteiger partial charge in [0, 0.05) is 6.92 Å². The molecule has 0 spiro atoms.